The Morgan fingerprint density at radius 3 is 0.811 bits per heavy atom. The van der Waals surface area contributed by atoms with E-state index in [4.69, 9.17) is 37.0 Å². The van der Waals surface area contributed by atoms with Crippen molar-refractivity contribution < 1.29 is 80.2 Å². The van der Waals surface area contributed by atoms with Crippen LogP contribution in [0.5, 0.6) is 0 Å². The number of esters is 4. The topological polar surface area (TPSA) is 237 Å². The summed E-state index contributed by atoms with van der Waals surface area (Å²) in [5, 5.41) is 10.7. The molecule has 0 amide bonds. The molecule has 0 fully saturated rings. The van der Waals surface area contributed by atoms with Crippen LogP contribution in [0, 0.1) is 0 Å². The number of aliphatic hydroxyl groups is 1. The van der Waals surface area contributed by atoms with E-state index in [2.05, 4.69) is 125 Å². The highest BCUT2D eigenvalue weighted by molar-refractivity contribution is 7.47. The third-order valence-electron chi connectivity index (χ3n) is 17.8. The second-order valence-electron chi connectivity index (χ2n) is 28.1. The van der Waals surface area contributed by atoms with Crippen molar-refractivity contribution in [3.8, 4) is 0 Å². The molecule has 3 N–H and O–H groups in total. The first-order chi connectivity index (χ1) is 51.7. The van der Waals surface area contributed by atoms with Crippen molar-refractivity contribution in [1.29, 1.82) is 0 Å². The summed E-state index contributed by atoms with van der Waals surface area (Å²) in [5.41, 5.74) is 0. The van der Waals surface area contributed by atoms with Gasteiger partial charge >= 0.3 is 39.5 Å². The van der Waals surface area contributed by atoms with Gasteiger partial charge in [-0.2, -0.15) is 0 Å². The number of hydrogen-bond acceptors (Lipinski definition) is 15. The van der Waals surface area contributed by atoms with Crippen LogP contribution >= 0.6 is 15.6 Å². The Hall–Kier alpha value is -4.28. The molecule has 0 saturated heterocycles. The number of aliphatic hydroxyl groups excluding tert-OH is 1. The largest absolute Gasteiger partial charge is 0.472 e. The summed E-state index contributed by atoms with van der Waals surface area (Å²) in [7, 11) is -9.98. The minimum Gasteiger partial charge on any atom is -0.462 e. The Labute approximate surface area is 645 Å². The second kappa shape index (κ2) is 78.8. The Morgan fingerprint density at radius 1 is 0.274 bits per heavy atom. The Morgan fingerprint density at radius 2 is 0.500 bits per heavy atom. The van der Waals surface area contributed by atoms with Crippen molar-refractivity contribution >= 4 is 39.5 Å². The van der Waals surface area contributed by atoms with Crippen LogP contribution in [-0.2, 0) is 65.4 Å². The zero-order valence-electron chi connectivity index (χ0n) is 67.1. The molecule has 0 heterocycles. The molecule has 5 atom stereocenters. The molecule has 0 bridgehead atoms. The third-order valence-corrected chi connectivity index (χ3v) is 19.7. The van der Waals surface area contributed by atoms with E-state index in [-0.39, 0.29) is 25.7 Å². The molecule has 0 aliphatic heterocycles. The summed E-state index contributed by atoms with van der Waals surface area (Å²) < 4.78 is 68.7. The molecule has 0 aromatic rings. The molecule has 612 valence electrons. The van der Waals surface area contributed by atoms with Crippen molar-refractivity contribution in [3.05, 3.63) is 109 Å². The van der Waals surface area contributed by atoms with E-state index in [0.29, 0.717) is 32.1 Å². The highest BCUT2D eigenvalue weighted by atomic mass is 31.2. The van der Waals surface area contributed by atoms with E-state index < -0.39 is 97.5 Å². The molecule has 2 unspecified atom stereocenters. The van der Waals surface area contributed by atoms with Gasteiger partial charge in [0.15, 0.2) is 12.2 Å². The average molecular weight is 1530 g/mol. The SMILES string of the molecule is CC/C=C\C/C=C\C/C=C\C/C=C\C/C=C\CCCCCC(=O)OC[C@H](COP(=O)(O)OC[C@@H](O)COP(=O)(O)OC[C@@H](COC(=O)CCC/C=C\C/C=C\C/C=C\C/C=C\CCCCC)OC(=O)CCCCCCCCCCCCCCCCC)OC(=O)CCCCCCCCCCCCCCCCC. The van der Waals surface area contributed by atoms with Gasteiger partial charge in [0.1, 0.15) is 19.3 Å². The molecule has 0 rings (SSSR count). The summed E-state index contributed by atoms with van der Waals surface area (Å²) in [6.07, 6.45) is 86.3. The van der Waals surface area contributed by atoms with E-state index in [1.54, 1.807) is 0 Å². The van der Waals surface area contributed by atoms with E-state index in [1.807, 2.05) is 12.2 Å². The first-order valence-corrected chi connectivity index (χ1v) is 45.1. The number of hydrogen-bond donors (Lipinski definition) is 3. The summed E-state index contributed by atoms with van der Waals surface area (Å²) in [6.45, 7) is 4.70. The molecule has 0 aliphatic carbocycles. The molecule has 106 heavy (non-hydrogen) atoms. The van der Waals surface area contributed by atoms with Crippen molar-refractivity contribution in [1.82, 2.24) is 0 Å². The first kappa shape index (κ1) is 102. The Bertz CT molecular complexity index is 2430. The average Bonchev–Trinajstić information content (AvgIpc) is 0.909. The minimum absolute atomic E-state index is 0.0861. The molecule has 17 nitrogen and oxygen atoms in total. The summed E-state index contributed by atoms with van der Waals surface area (Å²) in [4.78, 5) is 73.1. The number of phosphoric ester groups is 2. The van der Waals surface area contributed by atoms with Crippen LogP contribution in [0.2, 0.25) is 0 Å². The lowest BCUT2D eigenvalue weighted by atomic mass is 10.0. The van der Waals surface area contributed by atoms with Gasteiger partial charge in [-0.05, 0) is 109 Å². The van der Waals surface area contributed by atoms with Crippen molar-refractivity contribution in [2.75, 3.05) is 39.6 Å². The number of phosphoric acid groups is 2. The summed E-state index contributed by atoms with van der Waals surface area (Å²) >= 11 is 0. The van der Waals surface area contributed by atoms with Gasteiger partial charge in [-0.25, -0.2) is 9.13 Å². The van der Waals surface area contributed by atoms with Crippen molar-refractivity contribution in [2.45, 2.75) is 380 Å². The molecule has 0 spiro atoms. The molecule has 0 radical (unpaired) electrons. The molecular weight excluding hydrogens is 1380 g/mol. The third kappa shape index (κ3) is 77.9. The van der Waals surface area contributed by atoms with Crippen LogP contribution in [0.4, 0.5) is 0 Å². The van der Waals surface area contributed by atoms with Crippen molar-refractivity contribution in [3.63, 3.8) is 0 Å². The van der Waals surface area contributed by atoms with Crippen LogP contribution in [-0.4, -0.2) is 96.7 Å². The zero-order valence-corrected chi connectivity index (χ0v) is 68.9. The van der Waals surface area contributed by atoms with Crippen molar-refractivity contribution in [2.24, 2.45) is 0 Å². The normalized spacial score (nSPS) is 14.4. The number of carbonyl (C=O) groups excluding carboxylic acids is 4. The smallest absolute Gasteiger partial charge is 0.462 e. The van der Waals surface area contributed by atoms with Gasteiger partial charge in [-0.1, -0.05) is 336 Å². The molecule has 0 saturated carbocycles. The maximum atomic E-state index is 13.1. The fraction of sp³-hybridized carbons (Fsp3) is 0.747. The second-order valence-corrected chi connectivity index (χ2v) is 31.0. The standard InChI is InChI=1S/C87H152O17P2/c1-5-9-13-17-21-25-29-33-37-39-40-42-46-48-52-56-60-64-68-72-85(90)98-78-83(104-87(92)74-70-66-62-58-54-50-44-36-32-28-24-20-16-12-8-4)80-102-106(95,96)100-76-81(88)75-99-105(93,94)101-79-82(103-86(91)73-69-65-61-57-53-49-43-35-31-27-23-19-15-11-7-3)77-97-84(89)71-67-63-59-55-51-47-45-41-38-34-30-26-22-18-14-10-6-2/h9,13,21-22,25-26,33-34,37-38,40,42,45,47-48,52,55,59,81-83,88H,5-8,10-12,14-20,23-24,27-32,35-36,39,41,43-44,46,49-51,53-54,56-58,60-80H2,1-4H3,(H,93,94)(H,95,96)/b13-9-,25-21-,26-22-,37-33-,38-34-,42-40-,47-45-,52-48-,59-55-/t81-,82+,83+/m0/s1. The lowest BCUT2D eigenvalue weighted by molar-refractivity contribution is -0.161. The van der Waals surface area contributed by atoms with E-state index in [9.17, 15) is 43.2 Å². The van der Waals surface area contributed by atoms with Gasteiger partial charge in [-0.15, -0.1) is 0 Å². The highest BCUT2D eigenvalue weighted by Crippen LogP contribution is 2.45. The fourth-order valence-corrected chi connectivity index (χ4v) is 12.9. The molecule has 0 aliphatic rings. The zero-order chi connectivity index (χ0) is 77.4. The van der Waals surface area contributed by atoms with Crippen LogP contribution in [0.1, 0.15) is 362 Å². The predicted octanol–water partition coefficient (Wildman–Crippen LogP) is 24.9. The van der Waals surface area contributed by atoms with Gasteiger partial charge in [0.05, 0.1) is 26.4 Å². The number of allylic oxidation sites excluding steroid dienone is 18. The van der Waals surface area contributed by atoms with E-state index >= 15 is 0 Å². The lowest BCUT2D eigenvalue weighted by Crippen LogP contribution is -2.30. The summed E-state index contributed by atoms with van der Waals surface area (Å²) in [5.74, 6) is -2.25. The Balaban J connectivity index is 5.42. The molecular formula is C87H152O17P2. The van der Waals surface area contributed by atoms with Crippen LogP contribution in [0.3, 0.4) is 0 Å². The number of ether oxygens (including phenoxy) is 4. The van der Waals surface area contributed by atoms with Crippen LogP contribution in [0.15, 0.2) is 109 Å². The number of unbranched alkanes of at least 4 members (excludes halogenated alkanes) is 35. The quantitative estimate of drug-likeness (QED) is 0.0169. The minimum atomic E-state index is -4.99. The highest BCUT2D eigenvalue weighted by Gasteiger charge is 2.30. The molecule has 19 heteroatoms. The van der Waals surface area contributed by atoms with Crippen LogP contribution < -0.4 is 0 Å². The maximum Gasteiger partial charge on any atom is 0.472 e. The van der Waals surface area contributed by atoms with E-state index in [0.717, 1.165) is 128 Å². The Kier molecular flexibility index (Phi) is 75.6. The first-order valence-electron chi connectivity index (χ1n) is 42.1. The number of rotatable bonds is 79. The number of carbonyl (C=O) groups is 4. The van der Waals surface area contributed by atoms with Gasteiger partial charge in [0.25, 0.3) is 0 Å². The molecule has 0 aromatic heterocycles. The van der Waals surface area contributed by atoms with Gasteiger partial charge in [0.2, 0.25) is 0 Å². The van der Waals surface area contributed by atoms with E-state index in [1.165, 1.54) is 148 Å². The maximum absolute atomic E-state index is 13.1. The predicted molar refractivity (Wildman–Crippen MR) is 436 cm³/mol. The fourth-order valence-electron chi connectivity index (χ4n) is 11.4. The van der Waals surface area contributed by atoms with Gasteiger partial charge in [0, 0.05) is 25.7 Å². The summed E-state index contributed by atoms with van der Waals surface area (Å²) in [6, 6.07) is 0. The monoisotopic (exact) mass is 1530 g/mol. The molecule has 0 aromatic carbocycles. The van der Waals surface area contributed by atoms with Gasteiger partial charge < -0.3 is 33.8 Å². The van der Waals surface area contributed by atoms with Gasteiger partial charge in [-0.3, -0.25) is 37.3 Å². The lowest BCUT2D eigenvalue weighted by Gasteiger charge is -2.21. The van der Waals surface area contributed by atoms with Crippen LogP contribution in [0.25, 0.3) is 0 Å².